The summed E-state index contributed by atoms with van der Waals surface area (Å²) in [7, 11) is 0. The van der Waals surface area contributed by atoms with Crippen LogP contribution < -0.4 is 5.32 Å². The Balaban J connectivity index is 1.87. The summed E-state index contributed by atoms with van der Waals surface area (Å²) in [6.07, 6.45) is 3.48. The van der Waals surface area contributed by atoms with Crippen molar-refractivity contribution in [2.45, 2.75) is 32.3 Å². The number of carbonyl (C=O) groups excluding carboxylic acids is 1. The molecule has 0 spiro atoms. The van der Waals surface area contributed by atoms with Gasteiger partial charge >= 0.3 is 0 Å². The fourth-order valence-electron chi connectivity index (χ4n) is 2.27. The fraction of sp³-hybridized carbons (Fsp3) is 0.462. The minimum Gasteiger partial charge on any atom is -0.365 e. The predicted molar refractivity (Wildman–Crippen MR) is 69.9 cm³/mol. The Hall–Kier alpha value is -1.95. The molecule has 2 aromatic rings. The zero-order chi connectivity index (χ0) is 13.5. The second-order valence-corrected chi connectivity index (χ2v) is 5.09. The largest absolute Gasteiger partial charge is 0.365 e. The molecule has 19 heavy (non-hydrogen) atoms. The average Bonchev–Trinajstić information content (AvgIpc) is 2.97. The van der Waals surface area contributed by atoms with E-state index < -0.39 is 5.60 Å². The molecule has 6 nitrogen and oxygen atoms in total. The number of amides is 1. The van der Waals surface area contributed by atoms with Gasteiger partial charge in [-0.1, -0.05) is 0 Å². The van der Waals surface area contributed by atoms with Gasteiger partial charge in [0, 0.05) is 12.8 Å². The summed E-state index contributed by atoms with van der Waals surface area (Å²) in [4.78, 5) is 12.2. The third kappa shape index (κ3) is 2.08. The Bertz CT molecular complexity index is 629. The van der Waals surface area contributed by atoms with Crippen molar-refractivity contribution < 1.29 is 9.53 Å². The van der Waals surface area contributed by atoms with Crippen molar-refractivity contribution in [3.63, 3.8) is 0 Å². The van der Waals surface area contributed by atoms with E-state index in [0.29, 0.717) is 18.2 Å². The third-order valence-corrected chi connectivity index (χ3v) is 3.49. The van der Waals surface area contributed by atoms with Gasteiger partial charge in [0.25, 0.3) is 5.91 Å². The molecule has 1 aliphatic heterocycles. The first-order valence-electron chi connectivity index (χ1n) is 6.35. The number of pyridine rings is 1. The molecular formula is C13H16N4O2. The van der Waals surface area contributed by atoms with Gasteiger partial charge in [-0.2, -0.15) is 0 Å². The molecule has 6 heteroatoms. The topological polar surface area (TPSA) is 68.5 Å². The molecule has 100 valence electrons. The Morgan fingerprint density at radius 2 is 2.37 bits per heavy atom. The second kappa shape index (κ2) is 4.31. The quantitative estimate of drug-likeness (QED) is 0.889. The van der Waals surface area contributed by atoms with Crippen LogP contribution in [0.4, 0.5) is 5.95 Å². The van der Waals surface area contributed by atoms with Crippen LogP contribution in [0.15, 0.2) is 18.3 Å². The van der Waals surface area contributed by atoms with E-state index in [-0.39, 0.29) is 5.91 Å². The number of hydrogen-bond acceptors (Lipinski definition) is 4. The summed E-state index contributed by atoms with van der Waals surface area (Å²) in [5.74, 6) is 0.261. The molecule has 1 N–H and O–H groups in total. The standard InChI is InChI=1S/C13H16N4O2/c1-9-4-6-17-10(8-9)15-16-12(17)14-11(18)13(2)5-3-7-19-13/h4,6,8H,3,5,7H2,1-2H3,(H,14,16,18). The van der Waals surface area contributed by atoms with Gasteiger partial charge in [-0.25, -0.2) is 0 Å². The number of aryl methyl sites for hydroxylation is 1. The SMILES string of the molecule is Cc1ccn2c(NC(=O)C3(C)CCCO3)nnc2c1. The van der Waals surface area contributed by atoms with E-state index in [1.807, 2.05) is 32.2 Å². The van der Waals surface area contributed by atoms with Gasteiger partial charge < -0.3 is 4.74 Å². The molecule has 0 radical (unpaired) electrons. The van der Waals surface area contributed by atoms with Crippen molar-refractivity contribution in [1.29, 1.82) is 0 Å². The number of nitrogens with zero attached hydrogens (tertiary/aromatic N) is 3. The Kier molecular flexibility index (Phi) is 2.74. The van der Waals surface area contributed by atoms with E-state index >= 15 is 0 Å². The highest BCUT2D eigenvalue weighted by atomic mass is 16.5. The first-order valence-corrected chi connectivity index (χ1v) is 6.35. The highest BCUT2D eigenvalue weighted by molar-refractivity contribution is 5.96. The minimum absolute atomic E-state index is 0.167. The van der Waals surface area contributed by atoms with E-state index in [0.717, 1.165) is 18.4 Å². The van der Waals surface area contributed by atoms with Crippen LogP contribution in [0.2, 0.25) is 0 Å². The fourth-order valence-corrected chi connectivity index (χ4v) is 2.27. The van der Waals surface area contributed by atoms with Crippen molar-refractivity contribution in [2.75, 3.05) is 11.9 Å². The van der Waals surface area contributed by atoms with Crippen molar-refractivity contribution in [2.24, 2.45) is 0 Å². The average molecular weight is 260 g/mol. The molecule has 1 aliphatic rings. The molecule has 3 heterocycles. The van der Waals surface area contributed by atoms with Crippen LogP contribution in [0, 0.1) is 6.92 Å². The predicted octanol–water partition coefficient (Wildman–Crippen LogP) is 1.55. The molecule has 0 saturated carbocycles. The van der Waals surface area contributed by atoms with Crippen LogP contribution >= 0.6 is 0 Å². The molecular weight excluding hydrogens is 244 g/mol. The van der Waals surface area contributed by atoms with Gasteiger partial charge in [0.2, 0.25) is 5.95 Å². The molecule has 1 amide bonds. The first-order chi connectivity index (χ1) is 9.08. The van der Waals surface area contributed by atoms with Crippen LogP contribution in [0.1, 0.15) is 25.3 Å². The summed E-state index contributed by atoms with van der Waals surface area (Å²) in [5.41, 5.74) is 1.06. The van der Waals surface area contributed by atoms with Crippen LogP contribution in [0.25, 0.3) is 5.65 Å². The molecule has 3 rings (SSSR count). The lowest BCUT2D eigenvalue weighted by Crippen LogP contribution is -2.39. The van der Waals surface area contributed by atoms with E-state index in [2.05, 4.69) is 15.5 Å². The monoisotopic (exact) mass is 260 g/mol. The number of anilines is 1. The highest BCUT2D eigenvalue weighted by Gasteiger charge is 2.38. The van der Waals surface area contributed by atoms with Gasteiger partial charge in [0.1, 0.15) is 5.60 Å². The number of ether oxygens (including phenoxy) is 1. The maximum atomic E-state index is 12.2. The molecule has 0 bridgehead atoms. The lowest BCUT2D eigenvalue weighted by atomic mass is 10.0. The van der Waals surface area contributed by atoms with E-state index in [9.17, 15) is 4.79 Å². The second-order valence-electron chi connectivity index (χ2n) is 5.09. The molecule has 1 atom stereocenters. The van der Waals surface area contributed by atoms with Crippen molar-refractivity contribution >= 4 is 17.5 Å². The third-order valence-electron chi connectivity index (χ3n) is 3.49. The normalized spacial score (nSPS) is 22.8. The first kappa shape index (κ1) is 12.1. The molecule has 1 unspecified atom stereocenters. The van der Waals surface area contributed by atoms with Gasteiger partial charge in [-0.15, -0.1) is 10.2 Å². The smallest absolute Gasteiger partial charge is 0.258 e. The summed E-state index contributed by atoms with van der Waals surface area (Å²) in [6, 6.07) is 3.86. The minimum atomic E-state index is -0.753. The summed E-state index contributed by atoms with van der Waals surface area (Å²) in [5, 5.41) is 10.8. The summed E-state index contributed by atoms with van der Waals surface area (Å²) >= 11 is 0. The van der Waals surface area contributed by atoms with Crippen LogP contribution in [-0.2, 0) is 9.53 Å². The van der Waals surface area contributed by atoms with Gasteiger partial charge in [0.05, 0.1) is 0 Å². The van der Waals surface area contributed by atoms with E-state index in [4.69, 9.17) is 4.74 Å². The van der Waals surface area contributed by atoms with Crippen LogP contribution in [0.3, 0.4) is 0 Å². The Morgan fingerprint density at radius 1 is 1.53 bits per heavy atom. The Morgan fingerprint density at radius 3 is 3.11 bits per heavy atom. The van der Waals surface area contributed by atoms with Crippen molar-refractivity contribution in [3.8, 4) is 0 Å². The maximum Gasteiger partial charge on any atom is 0.258 e. The number of hydrogen-bond donors (Lipinski definition) is 1. The number of aromatic nitrogens is 3. The lowest BCUT2D eigenvalue weighted by molar-refractivity contribution is -0.133. The summed E-state index contributed by atoms with van der Waals surface area (Å²) in [6.45, 7) is 4.42. The van der Waals surface area contributed by atoms with Crippen LogP contribution in [0.5, 0.6) is 0 Å². The molecule has 0 aliphatic carbocycles. The van der Waals surface area contributed by atoms with Gasteiger partial charge in [-0.3, -0.25) is 14.5 Å². The zero-order valence-corrected chi connectivity index (χ0v) is 11.0. The van der Waals surface area contributed by atoms with Gasteiger partial charge in [0.15, 0.2) is 5.65 Å². The number of carbonyl (C=O) groups is 1. The molecule has 0 aromatic carbocycles. The molecule has 1 fully saturated rings. The Labute approximate surface area is 110 Å². The van der Waals surface area contributed by atoms with Gasteiger partial charge in [-0.05, 0) is 44.4 Å². The number of rotatable bonds is 2. The number of fused-ring (bicyclic) bond motifs is 1. The summed E-state index contributed by atoms with van der Waals surface area (Å²) < 4.78 is 7.27. The van der Waals surface area contributed by atoms with E-state index in [1.54, 1.807) is 4.40 Å². The van der Waals surface area contributed by atoms with E-state index in [1.165, 1.54) is 0 Å². The molecule has 1 saturated heterocycles. The lowest BCUT2D eigenvalue weighted by Gasteiger charge is -2.21. The molecule has 2 aromatic heterocycles. The zero-order valence-electron chi connectivity index (χ0n) is 11.0. The van der Waals surface area contributed by atoms with Crippen molar-refractivity contribution in [1.82, 2.24) is 14.6 Å². The number of nitrogens with one attached hydrogen (secondary N) is 1. The highest BCUT2D eigenvalue weighted by Crippen LogP contribution is 2.26. The van der Waals surface area contributed by atoms with Crippen LogP contribution in [-0.4, -0.2) is 32.7 Å². The maximum absolute atomic E-state index is 12.2. The van der Waals surface area contributed by atoms with Crippen molar-refractivity contribution in [3.05, 3.63) is 23.9 Å².